The lowest BCUT2D eigenvalue weighted by Gasteiger charge is -2.32. The number of rotatable bonds is 3. The topological polar surface area (TPSA) is 78.5 Å². The van der Waals surface area contributed by atoms with Gasteiger partial charge in [-0.25, -0.2) is 9.18 Å². The van der Waals surface area contributed by atoms with Crippen LogP contribution in [0.3, 0.4) is 0 Å². The molecule has 8 heteroatoms. The number of imide groups is 1. The summed E-state index contributed by atoms with van der Waals surface area (Å²) in [5.41, 5.74) is 1.07. The Balaban J connectivity index is 1.48. The van der Waals surface area contributed by atoms with Crippen molar-refractivity contribution in [1.82, 2.24) is 10.2 Å². The molecule has 144 valence electrons. The molecular formula is C20H17ClFN3O3. The third-order valence-corrected chi connectivity index (χ3v) is 5.42. The first-order chi connectivity index (χ1) is 13.4. The molecule has 4 amide bonds. The van der Waals surface area contributed by atoms with E-state index in [-0.39, 0.29) is 10.7 Å². The number of benzene rings is 2. The molecule has 1 aliphatic carbocycles. The number of anilines is 1. The molecule has 2 aromatic rings. The second-order valence-electron chi connectivity index (χ2n) is 7.02. The summed E-state index contributed by atoms with van der Waals surface area (Å²) >= 11 is 5.69. The minimum Gasteiger partial charge on any atom is -0.323 e. The molecule has 0 bridgehead atoms. The summed E-state index contributed by atoms with van der Waals surface area (Å²) in [7, 11) is 0. The smallest absolute Gasteiger partial charge is 0.323 e. The maximum absolute atomic E-state index is 13.8. The van der Waals surface area contributed by atoms with Crippen LogP contribution in [0.1, 0.15) is 17.5 Å². The maximum atomic E-state index is 13.8. The Morgan fingerprint density at radius 2 is 1.96 bits per heavy atom. The van der Waals surface area contributed by atoms with Crippen molar-refractivity contribution in [3.8, 4) is 0 Å². The van der Waals surface area contributed by atoms with Crippen LogP contribution in [0.2, 0.25) is 5.02 Å². The first kappa shape index (κ1) is 18.4. The van der Waals surface area contributed by atoms with Crippen molar-refractivity contribution in [2.75, 3.05) is 11.9 Å². The number of fused-ring (bicyclic) bond motifs is 1. The Morgan fingerprint density at radius 1 is 1.21 bits per heavy atom. The van der Waals surface area contributed by atoms with Gasteiger partial charge in [0.2, 0.25) is 5.91 Å². The van der Waals surface area contributed by atoms with E-state index in [0.717, 1.165) is 22.1 Å². The molecule has 0 radical (unpaired) electrons. The summed E-state index contributed by atoms with van der Waals surface area (Å²) in [6, 6.07) is 11.0. The Kier molecular flexibility index (Phi) is 4.55. The van der Waals surface area contributed by atoms with Crippen LogP contribution in [-0.2, 0) is 22.4 Å². The van der Waals surface area contributed by atoms with Crippen molar-refractivity contribution in [3.63, 3.8) is 0 Å². The van der Waals surface area contributed by atoms with Crippen molar-refractivity contribution in [2.24, 2.45) is 0 Å². The van der Waals surface area contributed by atoms with E-state index >= 15 is 0 Å². The van der Waals surface area contributed by atoms with Crippen LogP contribution < -0.4 is 10.6 Å². The van der Waals surface area contributed by atoms with E-state index in [4.69, 9.17) is 11.6 Å². The number of urea groups is 1. The van der Waals surface area contributed by atoms with Gasteiger partial charge in [-0.15, -0.1) is 0 Å². The fraction of sp³-hybridized carbons (Fsp3) is 0.250. The molecule has 1 spiro atoms. The van der Waals surface area contributed by atoms with Gasteiger partial charge >= 0.3 is 6.03 Å². The Morgan fingerprint density at radius 3 is 2.71 bits per heavy atom. The molecule has 2 aromatic carbocycles. The molecule has 2 aliphatic rings. The molecule has 1 atom stereocenters. The quantitative estimate of drug-likeness (QED) is 0.776. The Bertz CT molecular complexity index is 996. The molecule has 1 heterocycles. The minimum absolute atomic E-state index is 0.0669. The maximum Gasteiger partial charge on any atom is 0.325 e. The molecule has 2 N–H and O–H groups in total. The summed E-state index contributed by atoms with van der Waals surface area (Å²) in [6.45, 7) is -0.490. The van der Waals surface area contributed by atoms with Gasteiger partial charge in [0.1, 0.15) is 17.9 Å². The molecular weight excluding hydrogens is 385 g/mol. The van der Waals surface area contributed by atoms with Crippen LogP contribution in [0.15, 0.2) is 42.5 Å². The van der Waals surface area contributed by atoms with E-state index < -0.39 is 35.7 Å². The number of nitrogens with one attached hydrogen (secondary N) is 2. The lowest BCUT2D eigenvalue weighted by atomic mass is 9.78. The second-order valence-corrected chi connectivity index (χ2v) is 7.46. The van der Waals surface area contributed by atoms with E-state index in [1.807, 2.05) is 24.3 Å². The van der Waals surface area contributed by atoms with Gasteiger partial charge in [0.05, 0.1) is 5.69 Å². The highest BCUT2D eigenvalue weighted by Gasteiger charge is 2.52. The zero-order chi connectivity index (χ0) is 19.9. The van der Waals surface area contributed by atoms with Gasteiger partial charge in [-0.2, -0.15) is 0 Å². The first-order valence-corrected chi connectivity index (χ1v) is 9.21. The van der Waals surface area contributed by atoms with Crippen LogP contribution in [0.5, 0.6) is 0 Å². The average molecular weight is 402 g/mol. The van der Waals surface area contributed by atoms with Crippen LogP contribution in [0.4, 0.5) is 14.9 Å². The molecule has 28 heavy (non-hydrogen) atoms. The third-order valence-electron chi connectivity index (χ3n) is 5.18. The van der Waals surface area contributed by atoms with Crippen molar-refractivity contribution >= 4 is 35.1 Å². The lowest BCUT2D eigenvalue weighted by molar-refractivity contribution is -0.134. The molecule has 0 unspecified atom stereocenters. The van der Waals surface area contributed by atoms with Crippen molar-refractivity contribution in [1.29, 1.82) is 0 Å². The van der Waals surface area contributed by atoms with Gasteiger partial charge < -0.3 is 10.6 Å². The average Bonchev–Trinajstić information content (AvgIpc) is 2.88. The summed E-state index contributed by atoms with van der Waals surface area (Å²) < 4.78 is 13.8. The lowest BCUT2D eigenvalue weighted by Crippen LogP contribution is -2.51. The van der Waals surface area contributed by atoms with Gasteiger partial charge in [0, 0.05) is 11.4 Å². The number of carbonyl (C=O) groups excluding carboxylic acids is 3. The third kappa shape index (κ3) is 3.22. The summed E-state index contributed by atoms with van der Waals surface area (Å²) in [5, 5.41) is 5.33. The molecule has 0 saturated carbocycles. The zero-order valence-electron chi connectivity index (χ0n) is 14.8. The highest BCUT2D eigenvalue weighted by Crippen LogP contribution is 2.33. The number of amides is 4. The monoisotopic (exact) mass is 401 g/mol. The number of halogens is 2. The highest BCUT2D eigenvalue weighted by molar-refractivity contribution is 6.30. The van der Waals surface area contributed by atoms with Gasteiger partial charge in [-0.05, 0) is 42.2 Å². The molecule has 1 aliphatic heterocycles. The highest BCUT2D eigenvalue weighted by atomic mass is 35.5. The number of aryl methyl sites for hydroxylation is 1. The van der Waals surface area contributed by atoms with E-state index in [1.54, 1.807) is 0 Å². The number of nitrogens with zero attached hydrogens (tertiary/aromatic N) is 1. The normalized spacial score (nSPS) is 20.9. The fourth-order valence-corrected chi connectivity index (χ4v) is 3.93. The van der Waals surface area contributed by atoms with Crippen molar-refractivity contribution < 1.29 is 18.8 Å². The summed E-state index contributed by atoms with van der Waals surface area (Å²) in [4.78, 5) is 38.5. The fourth-order valence-electron chi connectivity index (χ4n) is 3.77. The Labute approximate surface area is 165 Å². The van der Waals surface area contributed by atoms with Gasteiger partial charge in [0.15, 0.2) is 0 Å². The van der Waals surface area contributed by atoms with Crippen LogP contribution >= 0.6 is 11.6 Å². The van der Waals surface area contributed by atoms with Crippen molar-refractivity contribution in [3.05, 3.63) is 64.4 Å². The summed E-state index contributed by atoms with van der Waals surface area (Å²) in [5.74, 6) is -1.80. The second kappa shape index (κ2) is 6.91. The Hall–Kier alpha value is -2.93. The molecule has 1 saturated heterocycles. The van der Waals surface area contributed by atoms with Gasteiger partial charge in [0.25, 0.3) is 5.91 Å². The predicted molar refractivity (Wildman–Crippen MR) is 101 cm³/mol. The van der Waals surface area contributed by atoms with Crippen molar-refractivity contribution in [2.45, 2.75) is 24.8 Å². The van der Waals surface area contributed by atoms with Crippen LogP contribution in [0.25, 0.3) is 0 Å². The number of hydrogen-bond donors (Lipinski definition) is 2. The van der Waals surface area contributed by atoms with Crippen LogP contribution in [-0.4, -0.2) is 34.8 Å². The van der Waals surface area contributed by atoms with E-state index in [9.17, 15) is 18.8 Å². The van der Waals surface area contributed by atoms with E-state index in [0.29, 0.717) is 19.3 Å². The molecule has 4 rings (SSSR count). The predicted octanol–water partition coefficient (Wildman–Crippen LogP) is 2.90. The van der Waals surface area contributed by atoms with Gasteiger partial charge in [-0.3, -0.25) is 14.5 Å². The number of hydrogen-bond acceptors (Lipinski definition) is 3. The minimum atomic E-state index is -1.03. The van der Waals surface area contributed by atoms with Gasteiger partial charge in [-0.1, -0.05) is 35.9 Å². The summed E-state index contributed by atoms with van der Waals surface area (Å²) in [6.07, 6.45) is 1.52. The SMILES string of the molecule is O=C(CN1C(=O)N[C@@]2(CCc3ccccc3C2)C1=O)Nc1ccc(Cl)cc1F. The van der Waals surface area contributed by atoms with Crippen LogP contribution in [0, 0.1) is 5.82 Å². The largest absolute Gasteiger partial charge is 0.325 e. The van der Waals surface area contributed by atoms with E-state index in [1.165, 1.54) is 12.1 Å². The zero-order valence-corrected chi connectivity index (χ0v) is 15.6. The molecule has 0 aromatic heterocycles. The first-order valence-electron chi connectivity index (χ1n) is 8.84. The number of carbonyl (C=O) groups is 3. The molecule has 1 fully saturated rings. The van der Waals surface area contributed by atoms with E-state index in [2.05, 4.69) is 10.6 Å². The standard InChI is InChI=1S/C20H17ClFN3O3/c21-14-5-6-16(15(22)9-14)23-17(26)11-25-18(27)20(24-19(25)28)8-7-12-3-1-2-4-13(12)10-20/h1-6,9H,7-8,10-11H2,(H,23,26)(H,24,28)/t20-/m1/s1. The molecule has 6 nitrogen and oxygen atoms in total.